The Morgan fingerprint density at radius 3 is 2.65 bits per heavy atom. The number of carbonyl (C=O) groups is 1. The zero-order valence-electron chi connectivity index (χ0n) is 10.2. The Labute approximate surface area is 106 Å². The Bertz CT molecular complexity index is 328. The van der Waals surface area contributed by atoms with Crippen molar-refractivity contribution in [2.75, 3.05) is 20.6 Å². The van der Waals surface area contributed by atoms with E-state index in [9.17, 15) is 4.79 Å². The molecular weight excluding hydrogens is 240 g/mol. The normalized spacial score (nSPS) is 12.2. The van der Waals surface area contributed by atoms with Gasteiger partial charge in [-0.2, -0.15) is 0 Å². The summed E-state index contributed by atoms with van der Waals surface area (Å²) in [7, 11) is 3.64. The summed E-state index contributed by atoms with van der Waals surface area (Å²) in [4.78, 5) is 16.3. The van der Waals surface area contributed by atoms with Gasteiger partial charge in [0.2, 0.25) is 0 Å². The van der Waals surface area contributed by atoms with E-state index in [-0.39, 0.29) is 16.7 Å². The molecule has 0 saturated heterocycles. The molecule has 3 N–H and O–H groups in total. The summed E-state index contributed by atoms with van der Waals surface area (Å²) < 4.78 is 0. The van der Waals surface area contributed by atoms with Gasteiger partial charge in [0.25, 0.3) is 0 Å². The number of rotatable bonds is 6. The number of aliphatic imine (C=N–C) groups is 1. The van der Waals surface area contributed by atoms with E-state index in [2.05, 4.69) is 10.3 Å². The molecule has 0 aliphatic carbocycles. The number of thiocarbonyl (C=S) groups is 1. The highest BCUT2D eigenvalue weighted by Crippen LogP contribution is 2.03. The van der Waals surface area contributed by atoms with Crippen molar-refractivity contribution in [2.24, 2.45) is 10.9 Å². The lowest BCUT2D eigenvalue weighted by Crippen LogP contribution is -2.34. The molecule has 0 bridgehead atoms. The standard InChI is InChI=1S/C10H18N4O2S/c1-4-7(8(11)9(15)16)5-12-10(17)13-6-14(2)3/h6-7,11H,4-5H2,1-3H3,(H,12,17)(H,15,16)/t7-/m0/s1. The lowest BCUT2D eigenvalue weighted by Gasteiger charge is -2.14. The van der Waals surface area contributed by atoms with Crippen LogP contribution in [0, 0.1) is 11.3 Å². The van der Waals surface area contributed by atoms with Gasteiger partial charge in [-0.1, -0.05) is 6.92 Å². The smallest absolute Gasteiger partial charge is 0.349 e. The zero-order chi connectivity index (χ0) is 13.4. The summed E-state index contributed by atoms with van der Waals surface area (Å²) in [6, 6.07) is 0. The second-order valence-corrected chi connectivity index (χ2v) is 4.10. The maximum absolute atomic E-state index is 10.6. The van der Waals surface area contributed by atoms with Gasteiger partial charge < -0.3 is 15.3 Å². The first kappa shape index (κ1) is 15.5. The van der Waals surface area contributed by atoms with Gasteiger partial charge in [0, 0.05) is 26.6 Å². The Balaban J connectivity index is 4.20. The Hall–Kier alpha value is -1.50. The molecule has 1 atom stereocenters. The first-order valence-corrected chi connectivity index (χ1v) is 5.59. The van der Waals surface area contributed by atoms with E-state index in [0.717, 1.165) is 0 Å². The quantitative estimate of drug-likeness (QED) is 0.368. The summed E-state index contributed by atoms with van der Waals surface area (Å²) in [5, 5.41) is 19.2. The van der Waals surface area contributed by atoms with Crippen LogP contribution in [0.1, 0.15) is 13.3 Å². The van der Waals surface area contributed by atoms with Gasteiger partial charge in [0.15, 0.2) is 5.11 Å². The fourth-order valence-corrected chi connectivity index (χ4v) is 1.18. The van der Waals surface area contributed by atoms with E-state index in [0.29, 0.717) is 13.0 Å². The van der Waals surface area contributed by atoms with E-state index in [1.165, 1.54) is 0 Å². The fourth-order valence-electron chi connectivity index (χ4n) is 1.05. The third-order valence-electron chi connectivity index (χ3n) is 2.04. The number of carboxylic acid groups (broad SMARTS) is 1. The van der Waals surface area contributed by atoms with E-state index in [1.807, 2.05) is 21.0 Å². The average molecular weight is 258 g/mol. The van der Waals surface area contributed by atoms with Crippen molar-refractivity contribution >= 4 is 35.3 Å². The minimum Gasteiger partial charge on any atom is -0.477 e. The molecule has 96 valence electrons. The highest BCUT2D eigenvalue weighted by molar-refractivity contribution is 7.80. The van der Waals surface area contributed by atoms with Crippen molar-refractivity contribution < 1.29 is 9.90 Å². The molecule has 7 heteroatoms. The SMILES string of the molecule is CC[C@@H](CNC(=S)N=CN(C)C)C(=N)C(=O)O. The molecule has 0 radical (unpaired) electrons. The number of nitrogens with zero attached hydrogens (tertiary/aromatic N) is 2. The molecule has 0 aromatic rings. The molecule has 6 nitrogen and oxygen atoms in total. The maximum Gasteiger partial charge on any atom is 0.349 e. The van der Waals surface area contributed by atoms with Crippen LogP contribution in [0.2, 0.25) is 0 Å². The molecule has 0 aliphatic heterocycles. The molecule has 0 aromatic heterocycles. The third kappa shape index (κ3) is 6.62. The van der Waals surface area contributed by atoms with Crippen LogP contribution < -0.4 is 5.32 Å². The van der Waals surface area contributed by atoms with Gasteiger partial charge in [0.05, 0.1) is 6.34 Å². The summed E-state index contributed by atoms with van der Waals surface area (Å²) >= 11 is 4.94. The molecule has 0 spiro atoms. The molecule has 0 amide bonds. The number of hydrogen-bond acceptors (Lipinski definition) is 3. The first-order valence-electron chi connectivity index (χ1n) is 5.18. The Kier molecular flexibility index (Phi) is 7.04. The van der Waals surface area contributed by atoms with Crippen molar-refractivity contribution in [3.8, 4) is 0 Å². The van der Waals surface area contributed by atoms with Gasteiger partial charge in [0.1, 0.15) is 5.71 Å². The summed E-state index contributed by atoms with van der Waals surface area (Å²) in [6.45, 7) is 2.14. The molecule has 0 heterocycles. The van der Waals surface area contributed by atoms with Crippen molar-refractivity contribution in [1.82, 2.24) is 10.2 Å². The van der Waals surface area contributed by atoms with Crippen LogP contribution in [0.5, 0.6) is 0 Å². The second kappa shape index (κ2) is 7.72. The molecule has 17 heavy (non-hydrogen) atoms. The fraction of sp³-hybridized carbons (Fsp3) is 0.600. The van der Waals surface area contributed by atoms with E-state index < -0.39 is 5.97 Å². The van der Waals surface area contributed by atoms with Crippen LogP contribution in [0.3, 0.4) is 0 Å². The lowest BCUT2D eigenvalue weighted by atomic mass is 10.0. The van der Waals surface area contributed by atoms with Gasteiger partial charge in [-0.3, -0.25) is 5.41 Å². The van der Waals surface area contributed by atoms with E-state index in [1.54, 1.807) is 11.2 Å². The minimum atomic E-state index is -1.19. The topological polar surface area (TPSA) is 88.8 Å². The molecule has 0 rings (SSSR count). The number of aliphatic carboxylic acids is 1. The van der Waals surface area contributed by atoms with Crippen LogP contribution in [0.25, 0.3) is 0 Å². The van der Waals surface area contributed by atoms with Crippen LogP contribution in [0.15, 0.2) is 4.99 Å². The van der Waals surface area contributed by atoms with Gasteiger partial charge in [-0.25, -0.2) is 9.79 Å². The molecular formula is C10H18N4O2S. The second-order valence-electron chi connectivity index (χ2n) is 3.72. The largest absolute Gasteiger partial charge is 0.477 e. The average Bonchev–Trinajstić information content (AvgIpc) is 2.26. The third-order valence-corrected chi connectivity index (χ3v) is 2.29. The van der Waals surface area contributed by atoms with E-state index in [4.69, 9.17) is 22.7 Å². The van der Waals surface area contributed by atoms with E-state index >= 15 is 0 Å². The van der Waals surface area contributed by atoms with Gasteiger partial charge in [-0.15, -0.1) is 0 Å². The van der Waals surface area contributed by atoms with Crippen LogP contribution in [-0.2, 0) is 4.79 Å². The maximum atomic E-state index is 10.6. The van der Waals surface area contributed by atoms with Crippen LogP contribution in [-0.4, -0.2) is 53.8 Å². The molecule has 0 fully saturated rings. The minimum absolute atomic E-state index is 0.287. The zero-order valence-corrected chi connectivity index (χ0v) is 11.0. The molecule has 0 aromatic carbocycles. The lowest BCUT2D eigenvalue weighted by molar-refractivity contribution is -0.129. The van der Waals surface area contributed by atoms with Crippen molar-refractivity contribution in [2.45, 2.75) is 13.3 Å². The van der Waals surface area contributed by atoms with Crippen molar-refractivity contribution in [3.63, 3.8) is 0 Å². The number of hydrogen-bond donors (Lipinski definition) is 3. The Morgan fingerprint density at radius 2 is 2.24 bits per heavy atom. The summed E-state index contributed by atoms with van der Waals surface area (Å²) in [6.07, 6.45) is 2.12. The number of carboxylic acids is 1. The van der Waals surface area contributed by atoms with Crippen molar-refractivity contribution in [3.05, 3.63) is 0 Å². The highest BCUT2D eigenvalue weighted by Gasteiger charge is 2.18. The first-order chi connectivity index (χ1) is 7.88. The predicted octanol–water partition coefficient (Wildman–Crippen LogP) is 0.581. The summed E-state index contributed by atoms with van der Waals surface area (Å²) in [5.41, 5.74) is -0.306. The molecule has 0 saturated carbocycles. The van der Waals surface area contributed by atoms with Gasteiger partial charge >= 0.3 is 5.97 Å². The summed E-state index contributed by atoms with van der Waals surface area (Å²) in [5.74, 6) is -1.55. The predicted molar refractivity (Wildman–Crippen MR) is 71.9 cm³/mol. The van der Waals surface area contributed by atoms with Gasteiger partial charge in [-0.05, 0) is 18.6 Å². The van der Waals surface area contributed by atoms with Crippen molar-refractivity contribution in [1.29, 1.82) is 5.41 Å². The Morgan fingerprint density at radius 1 is 1.65 bits per heavy atom. The molecule has 0 unspecified atom stereocenters. The number of nitrogens with one attached hydrogen (secondary N) is 2. The highest BCUT2D eigenvalue weighted by atomic mass is 32.1. The monoisotopic (exact) mass is 258 g/mol. The molecule has 0 aliphatic rings. The van der Waals surface area contributed by atoms with Crippen LogP contribution in [0.4, 0.5) is 0 Å². The van der Waals surface area contributed by atoms with Crippen LogP contribution >= 0.6 is 12.2 Å².